The Hall–Kier alpha value is -1.24. The van der Waals surface area contributed by atoms with Crippen molar-refractivity contribution < 1.29 is 0 Å². The molecule has 72 valence electrons. The van der Waals surface area contributed by atoms with Crippen molar-refractivity contribution in [1.29, 1.82) is 0 Å². The van der Waals surface area contributed by atoms with Crippen LogP contribution in [0.1, 0.15) is 12.8 Å². The Morgan fingerprint density at radius 2 is 2.00 bits per heavy atom. The molecule has 1 aromatic rings. The zero-order valence-corrected chi connectivity index (χ0v) is 8.19. The molecule has 3 atom stereocenters. The van der Waals surface area contributed by atoms with Crippen molar-refractivity contribution >= 4 is 5.69 Å². The van der Waals surface area contributed by atoms with E-state index in [0.29, 0.717) is 6.04 Å². The lowest BCUT2D eigenvalue weighted by Crippen LogP contribution is -2.43. The van der Waals surface area contributed by atoms with Gasteiger partial charge in [0.15, 0.2) is 0 Å². The number of rotatable bonds is 2. The van der Waals surface area contributed by atoms with Gasteiger partial charge in [-0.2, -0.15) is 0 Å². The second-order valence-corrected chi connectivity index (χ2v) is 4.35. The van der Waals surface area contributed by atoms with Gasteiger partial charge in [-0.25, -0.2) is 0 Å². The van der Waals surface area contributed by atoms with Crippen molar-refractivity contribution in [3.05, 3.63) is 42.5 Å². The molecule has 1 N–H and O–H groups in total. The van der Waals surface area contributed by atoms with Crippen molar-refractivity contribution in [2.45, 2.75) is 18.9 Å². The van der Waals surface area contributed by atoms with Crippen LogP contribution >= 0.6 is 0 Å². The number of hydrogen-bond donors (Lipinski definition) is 1. The van der Waals surface area contributed by atoms with Gasteiger partial charge in [0.2, 0.25) is 0 Å². The molecule has 3 rings (SSSR count). The van der Waals surface area contributed by atoms with E-state index in [1.807, 2.05) is 0 Å². The van der Waals surface area contributed by atoms with Crippen LogP contribution < -0.4 is 5.32 Å². The van der Waals surface area contributed by atoms with Gasteiger partial charge in [0.25, 0.3) is 0 Å². The number of allylic oxidation sites excluding steroid dienone is 1. The van der Waals surface area contributed by atoms with Gasteiger partial charge >= 0.3 is 0 Å². The van der Waals surface area contributed by atoms with Crippen molar-refractivity contribution in [3.63, 3.8) is 0 Å². The predicted molar refractivity (Wildman–Crippen MR) is 59.2 cm³/mol. The number of fused-ring (bicyclic) bond motifs is 1. The molecule has 1 fully saturated rings. The molecule has 14 heavy (non-hydrogen) atoms. The van der Waals surface area contributed by atoms with Gasteiger partial charge in [0, 0.05) is 17.6 Å². The van der Waals surface area contributed by atoms with Crippen LogP contribution in [0.5, 0.6) is 0 Å². The summed E-state index contributed by atoms with van der Waals surface area (Å²) in [6.07, 6.45) is 7.36. The van der Waals surface area contributed by atoms with Gasteiger partial charge < -0.3 is 5.32 Å². The maximum atomic E-state index is 3.60. The monoisotopic (exact) mass is 185 g/mol. The van der Waals surface area contributed by atoms with Gasteiger partial charge in [-0.3, -0.25) is 0 Å². The molecule has 0 saturated heterocycles. The maximum absolute atomic E-state index is 3.60. The van der Waals surface area contributed by atoms with Gasteiger partial charge in [-0.1, -0.05) is 30.4 Å². The van der Waals surface area contributed by atoms with Crippen LogP contribution in [0.25, 0.3) is 0 Å². The van der Waals surface area contributed by atoms with E-state index in [1.165, 1.54) is 18.5 Å². The zero-order valence-electron chi connectivity index (χ0n) is 8.19. The maximum Gasteiger partial charge on any atom is 0.0342 e. The summed E-state index contributed by atoms with van der Waals surface area (Å²) in [7, 11) is 0. The predicted octanol–water partition coefficient (Wildman–Crippen LogP) is 3.06. The van der Waals surface area contributed by atoms with Gasteiger partial charge in [0.05, 0.1) is 0 Å². The summed E-state index contributed by atoms with van der Waals surface area (Å²) < 4.78 is 0. The second-order valence-electron chi connectivity index (χ2n) is 4.35. The fraction of sp³-hybridized carbons (Fsp3) is 0.385. The topological polar surface area (TPSA) is 12.0 Å². The van der Waals surface area contributed by atoms with Gasteiger partial charge in [-0.05, 0) is 30.9 Å². The van der Waals surface area contributed by atoms with Crippen LogP contribution in [-0.4, -0.2) is 6.04 Å². The number of para-hydroxylation sites is 1. The highest BCUT2D eigenvalue weighted by atomic mass is 14.9. The number of hydrogen-bond acceptors (Lipinski definition) is 1. The third-order valence-electron chi connectivity index (χ3n) is 3.49. The van der Waals surface area contributed by atoms with E-state index in [1.54, 1.807) is 0 Å². The molecule has 0 radical (unpaired) electrons. The van der Waals surface area contributed by atoms with Crippen LogP contribution in [0.2, 0.25) is 0 Å². The molecule has 2 aliphatic rings. The first-order valence-corrected chi connectivity index (χ1v) is 5.42. The second kappa shape index (κ2) is 3.16. The third-order valence-corrected chi connectivity index (χ3v) is 3.49. The Morgan fingerprint density at radius 3 is 2.79 bits per heavy atom. The minimum Gasteiger partial charge on any atom is -0.382 e. The molecule has 0 heterocycles. The molecular weight excluding hydrogens is 170 g/mol. The molecule has 0 bridgehead atoms. The SMILES string of the molecule is C1=CC2C(C1)CC2Nc1ccccc1. The quantitative estimate of drug-likeness (QED) is 0.698. The summed E-state index contributed by atoms with van der Waals surface area (Å²) in [4.78, 5) is 0. The smallest absolute Gasteiger partial charge is 0.0342 e. The first kappa shape index (κ1) is 8.10. The summed E-state index contributed by atoms with van der Waals surface area (Å²) in [6, 6.07) is 11.2. The van der Waals surface area contributed by atoms with Gasteiger partial charge in [0.1, 0.15) is 0 Å². The molecule has 0 spiro atoms. The first-order valence-electron chi connectivity index (χ1n) is 5.42. The summed E-state index contributed by atoms with van der Waals surface area (Å²) in [5.41, 5.74) is 1.26. The van der Waals surface area contributed by atoms with E-state index >= 15 is 0 Å². The zero-order chi connectivity index (χ0) is 9.38. The summed E-state index contributed by atoms with van der Waals surface area (Å²) in [6.45, 7) is 0. The van der Waals surface area contributed by atoms with Crippen LogP contribution in [-0.2, 0) is 0 Å². The average molecular weight is 185 g/mol. The minimum absolute atomic E-state index is 0.682. The molecule has 0 aromatic heterocycles. The minimum atomic E-state index is 0.682. The Morgan fingerprint density at radius 1 is 1.14 bits per heavy atom. The molecule has 1 aromatic carbocycles. The Kier molecular flexibility index (Phi) is 1.83. The van der Waals surface area contributed by atoms with E-state index < -0.39 is 0 Å². The molecular formula is C13H15N. The summed E-state index contributed by atoms with van der Waals surface area (Å²) in [5.74, 6) is 1.74. The highest BCUT2D eigenvalue weighted by molar-refractivity contribution is 5.45. The van der Waals surface area contributed by atoms with Crippen LogP contribution in [0, 0.1) is 11.8 Å². The number of anilines is 1. The highest BCUT2D eigenvalue weighted by Crippen LogP contribution is 2.43. The average Bonchev–Trinajstić information content (AvgIpc) is 2.58. The van der Waals surface area contributed by atoms with E-state index in [2.05, 4.69) is 47.8 Å². The van der Waals surface area contributed by atoms with Crippen LogP contribution in [0.15, 0.2) is 42.5 Å². The third kappa shape index (κ3) is 1.24. The first-order chi connectivity index (χ1) is 6.93. The fourth-order valence-electron chi connectivity index (χ4n) is 2.63. The normalized spacial score (nSPS) is 33.6. The molecule has 0 aliphatic heterocycles. The largest absolute Gasteiger partial charge is 0.382 e. The summed E-state index contributed by atoms with van der Waals surface area (Å²) >= 11 is 0. The van der Waals surface area contributed by atoms with E-state index in [0.717, 1.165) is 11.8 Å². The standard InChI is InChI=1S/C13H15N/c1-2-6-11(7-3-1)14-13-9-10-5-4-8-12(10)13/h1-4,6-8,10,12-14H,5,9H2. The van der Waals surface area contributed by atoms with Crippen molar-refractivity contribution in [2.24, 2.45) is 11.8 Å². The summed E-state index contributed by atoms with van der Waals surface area (Å²) in [5, 5.41) is 3.60. The lowest BCUT2D eigenvalue weighted by molar-refractivity contribution is 0.218. The molecule has 2 aliphatic carbocycles. The Labute approximate surface area is 84.8 Å². The van der Waals surface area contributed by atoms with Gasteiger partial charge in [-0.15, -0.1) is 0 Å². The van der Waals surface area contributed by atoms with Crippen LogP contribution in [0.4, 0.5) is 5.69 Å². The molecule has 1 saturated carbocycles. The van der Waals surface area contributed by atoms with Crippen LogP contribution in [0.3, 0.4) is 0 Å². The Bertz CT molecular complexity index is 342. The number of benzene rings is 1. The van der Waals surface area contributed by atoms with Crippen molar-refractivity contribution in [3.8, 4) is 0 Å². The van der Waals surface area contributed by atoms with Crippen molar-refractivity contribution in [1.82, 2.24) is 0 Å². The van der Waals surface area contributed by atoms with E-state index in [-0.39, 0.29) is 0 Å². The lowest BCUT2D eigenvalue weighted by Gasteiger charge is -2.41. The highest BCUT2D eigenvalue weighted by Gasteiger charge is 2.40. The Balaban J connectivity index is 1.67. The molecule has 1 nitrogen and oxygen atoms in total. The van der Waals surface area contributed by atoms with E-state index in [4.69, 9.17) is 0 Å². The molecule has 1 heteroatoms. The van der Waals surface area contributed by atoms with Crippen molar-refractivity contribution in [2.75, 3.05) is 5.32 Å². The molecule has 0 amide bonds. The fourth-order valence-corrected chi connectivity index (χ4v) is 2.63. The lowest BCUT2D eigenvalue weighted by atomic mass is 9.71. The van der Waals surface area contributed by atoms with E-state index in [9.17, 15) is 0 Å². The number of nitrogens with one attached hydrogen (secondary N) is 1. The molecule has 3 unspecified atom stereocenters.